The number of aryl methyl sites for hydroxylation is 4. The summed E-state index contributed by atoms with van der Waals surface area (Å²) in [5.41, 5.74) is 6.99. The second kappa shape index (κ2) is 7.08. The first-order valence-electron chi connectivity index (χ1n) is 8.93. The van der Waals surface area contributed by atoms with Crippen LogP contribution in [0.4, 0.5) is 11.5 Å². The lowest BCUT2D eigenvalue weighted by atomic mass is 9.99. The summed E-state index contributed by atoms with van der Waals surface area (Å²) >= 11 is 1.50. The zero-order valence-electron chi connectivity index (χ0n) is 15.9. The van der Waals surface area contributed by atoms with Crippen LogP contribution in [0.1, 0.15) is 60.8 Å². The molecular formula is C20H26N4S. The Morgan fingerprint density at radius 2 is 1.64 bits per heavy atom. The van der Waals surface area contributed by atoms with Gasteiger partial charge in [0.25, 0.3) is 0 Å². The lowest BCUT2D eigenvalue weighted by Gasteiger charge is -2.14. The molecule has 0 aliphatic carbocycles. The highest BCUT2D eigenvalue weighted by molar-refractivity contribution is 7.14. The Hall–Kier alpha value is -2.01. The van der Waals surface area contributed by atoms with Gasteiger partial charge in [-0.25, -0.2) is 9.97 Å². The standard InChI is InChI=1S/C20H26N4S/c1-7-15(8-2)17-18-19(25-24-17)20(22-14(6)21-18)23-16-12(4)9-11(3)10-13(16)5/h9-10,15H,7-8H2,1-6H3,(H,21,22,23). The average molecular weight is 355 g/mol. The predicted octanol–water partition coefficient (Wildman–Crippen LogP) is 5.97. The molecule has 0 saturated heterocycles. The summed E-state index contributed by atoms with van der Waals surface area (Å²) in [6.07, 6.45) is 2.16. The Bertz CT molecular complexity index is 886. The maximum atomic E-state index is 4.74. The quantitative estimate of drug-likeness (QED) is 0.613. The Kier molecular flexibility index (Phi) is 5.04. The Labute approximate surface area is 153 Å². The van der Waals surface area contributed by atoms with Crippen molar-refractivity contribution in [1.82, 2.24) is 14.3 Å². The van der Waals surface area contributed by atoms with Gasteiger partial charge >= 0.3 is 0 Å². The van der Waals surface area contributed by atoms with Crippen molar-refractivity contribution in [1.29, 1.82) is 0 Å². The van der Waals surface area contributed by atoms with Gasteiger partial charge in [0, 0.05) is 11.6 Å². The maximum Gasteiger partial charge on any atom is 0.153 e. The van der Waals surface area contributed by atoms with Crippen LogP contribution in [0, 0.1) is 27.7 Å². The van der Waals surface area contributed by atoms with Gasteiger partial charge in [-0.15, -0.1) is 0 Å². The molecule has 4 nitrogen and oxygen atoms in total. The van der Waals surface area contributed by atoms with E-state index in [9.17, 15) is 0 Å². The SMILES string of the molecule is CCC(CC)c1nsc2c(Nc3c(C)cc(C)cc3C)nc(C)nc12. The van der Waals surface area contributed by atoms with Crippen molar-refractivity contribution < 1.29 is 0 Å². The van der Waals surface area contributed by atoms with Gasteiger partial charge in [-0.1, -0.05) is 31.5 Å². The van der Waals surface area contributed by atoms with E-state index in [1.165, 1.54) is 28.2 Å². The molecule has 3 rings (SSSR count). The Morgan fingerprint density at radius 3 is 2.24 bits per heavy atom. The molecule has 1 aromatic carbocycles. The molecule has 0 aliphatic heterocycles. The van der Waals surface area contributed by atoms with Gasteiger partial charge in [-0.2, -0.15) is 4.37 Å². The average Bonchev–Trinajstić information content (AvgIpc) is 2.96. The van der Waals surface area contributed by atoms with Crippen LogP contribution in [0.2, 0.25) is 0 Å². The topological polar surface area (TPSA) is 50.7 Å². The molecule has 0 fully saturated rings. The molecule has 5 heteroatoms. The first-order valence-corrected chi connectivity index (χ1v) is 9.70. The van der Waals surface area contributed by atoms with E-state index in [0.29, 0.717) is 5.92 Å². The molecule has 25 heavy (non-hydrogen) atoms. The number of hydrogen-bond donors (Lipinski definition) is 1. The van der Waals surface area contributed by atoms with Gasteiger partial charge in [0.05, 0.1) is 5.69 Å². The highest BCUT2D eigenvalue weighted by Gasteiger charge is 2.20. The Morgan fingerprint density at radius 1 is 1.00 bits per heavy atom. The minimum Gasteiger partial charge on any atom is -0.338 e. The van der Waals surface area contributed by atoms with Crippen LogP contribution in [0.15, 0.2) is 12.1 Å². The molecule has 1 N–H and O–H groups in total. The molecule has 0 aliphatic rings. The molecule has 0 bridgehead atoms. The van der Waals surface area contributed by atoms with E-state index in [1.54, 1.807) is 0 Å². The predicted molar refractivity (Wildman–Crippen MR) is 107 cm³/mol. The van der Waals surface area contributed by atoms with Crippen molar-refractivity contribution in [2.75, 3.05) is 5.32 Å². The second-order valence-electron chi connectivity index (χ2n) is 6.78. The largest absolute Gasteiger partial charge is 0.338 e. The molecule has 0 amide bonds. The molecule has 0 saturated carbocycles. The van der Waals surface area contributed by atoms with Crippen molar-refractivity contribution >= 4 is 33.3 Å². The third kappa shape index (κ3) is 3.38. The van der Waals surface area contributed by atoms with Crippen LogP contribution in [-0.4, -0.2) is 14.3 Å². The number of anilines is 2. The molecular weight excluding hydrogens is 328 g/mol. The zero-order valence-corrected chi connectivity index (χ0v) is 16.7. The number of fused-ring (bicyclic) bond motifs is 1. The molecule has 3 aromatic rings. The van der Waals surface area contributed by atoms with Crippen LogP contribution >= 0.6 is 11.5 Å². The van der Waals surface area contributed by atoms with E-state index in [-0.39, 0.29) is 0 Å². The van der Waals surface area contributed by atoms with Crippen molar-refractivity contribution in [3.63, 3.8) is 0 Å². The van der Waals surface area contributed by atoms with Crippen molar-refractivity contribution in [2.45, 2.75) is 60.3 Å². The van der Waals surface area contributed by atoms with Crippen LogP contribution in [0.5, 0.6) is 0 Å². The van der Waals surface area contributed by atoms with E-state index in [4.69, 9.17) is 9.36 Å². The summed E-state index contributed by atoms with van der Waals surface area (Å²) in [6.45, 7) is 12.8. The number of nitrogens with one attached hydrogen (secondary N) is 1. The number of nitrogens with zero attached hydrogens (tertiary/aromatic N) is 3. The molecule has 132 valence electrons. The normalized spacial score (nSPS) is 11.5. The van der Waals surface area contributed by atoms with Crippen molar-refractivity contribution in [3.05, 3.63) is 40.3 Å². The second-order valence-corrected chi connectivity index (χ2v) is 7.55. The third-order valence-corrected chi connectivity index (χ3v) is 5.61. The number of benzene rings is 1. The van der Waals surface area contributed by atoms with Gasteiger partial charge in [-0.05, 0) is 63.2 Å². The van der Waals surface area contributed by atoms with Gasteiger partial charge < -0.3 is 5.32 Å². The van der Waals surface area contributed by atoms with Crippen LogP contribution in [-0.2, 0) is 0 Å². The fourth-order valence-corrected chi connectivity index (χ4v) is 4.33. The molecule has 0 atom stereocenters. The van der Waals surface area contributed by atoms with Crippen LogP contribution in [0.3, 0.4) is 0 Å². The summed E-state index contributed by atoms with van der Waals surface area (Å²) in [7, 11) is 0. The highest BCUT2D eigenvalue weighted by Crippen LogP contribution is 2.36. The number of rotatable bonds is 5. The van der Waals surface area contributed by atoms with Gasteiger partial charge in [0.2, 0.25) is 0 Å². The lowest BCUT2D eigenvalue weighted by Crippen LogP contribution is -2.03. The summed E-state index contributed by atoms with van der Waals surface area (Å²) in [4.78, 5) is 9.38. The molecule has 0 spiro atoms. The van der Waals surface area contributed by atoms with Gasteiger partial charge in [0.1, 0.15) is 16.0 Å². The zero-order chi connectivity index (χ0) is 18.1. The van der Waals surface area contributed by atoms with E-state index in [1.807, 2.05) is 6.92 Å². The van der Waals surface area contributed by atoms with E-state index in [0.717, 1.165) is 46.1 Å². The van der Waals surface area contributed by atoms with E-state index >= 15 is 0 Å². The van der Waals surface area contributed by atoms with Crippen LogP contribution < -0.4 is 5.32 Å². The molecule has 0 radical (unpaired) electrons. The number of hydrogen-bond acceptors (Lipinski definition) is 5. The van der Waals surface area contributed by atoms with Gasteiger partial charge in [-0.3, -0.25) is 0 Å². The van der Waals surface area contributed by atoms with E-state index < -0.39 is 0 Å². The maximum absolute atomic E-state index is 4.74. The minimum absolute atomic E-state index is 0.457. The Balaban J connectivity index is 2.12. The summed E-state index contributed by atoms with van der Waals surface area (Å²) in [6, 6.07) is 4.39. The smallest absolute Gasteiger partial charge is 0.153 e. The lowest BCUT2D eigenvalue weighted by molar-refractivity contribution is 0.633. The minimum atomic E-state index is 0.457. The summed E-state index contributed by atoms with van der Waals surface area (Å²) in [5, 5.41) is 3.56. The van der Waals surface area contributed by atoms with E-state index in [2.05, 4.69) is 57.1 Å². The molecule has 2 aromatic heterocycles. The van der Waals surface area contributed by atoms with Crippen molar-refractivity contribution in [3.8, 4) is 0 Å². The fourth-order valence-electron chi connectivity index (χ4n) is 3.48. The number of aromatic nitrogens is 3. The fraction of sp³-hybridized carbons (Fsp3) is 0.450. The van der Waals surface area contributed by atoms with Crippen LogP contribution in [0.25, 0.3) is 10.2 Å². The third-order valence-electron chi connectivity index (χ3n) is 4.75. The highest BCUT2D eigenvalue weighted by atomic mass is 32.1. The molecule has 0 unspecified atom stereocenters. The monoisotopic (exact) mass is 354 g/mol. The first-order chi connectivity index (χ1) is 11.9. The first kappa shape index (κ1) is 17.8. The molecule has 2 heterocycles. The summed E-state index contributed by atoms with van der Waals surface area (Å²) in [5.74, 6) is 2.11. The van der Waals surface area contributed by atoms with Crippen molar-refractivity contribution in [2.24, 2.45) is 0 Å². The van der Waals surface area contributed by atoms with Gasteiger partial charge in [0.15, 0.2) is 5.82 Å². The summed E-state index contributed by atoms with van der Waals surface area (Å²) < 4.78 is 5.79.